The molecule has 1 fully saturated rings. The molecule has 0 spiro atoms. The Morgan fingerprint density at radius 3 is 2.56 bits per heavy atom. The second-order valence-electron chi connectivity index (χ2n) is 7.07. The molecule has 1 aliphatic heterocycles. The summed E-state index contributed by atoms with van der Waals surface area (Å²) in [6.07, 6.45) is 0.190. The molecule has 6 nitrogen and oxygen atoms in total. The highest BCUT2D eigenvalue weighted by atomic mass is 32.2. The molecule has 0 bridgehead atoms. The van der Waals surface area contributed by atoms with Crippen LogP contribution in [-0.4, -0.2) is 42.2 Å². The lowest BCUT2D eigenvalue weighted by Gasteiger charge is -2.43. The van der Waals surface area contributed by atoms with Gasteiger partial charge in [-0.15, -0.1) is 4.72 Å². The van der Waals surface area contributed by atoms with Crippen LogP contribution in [0.15, 0.2) is 18.2 Å². The molecule has 1 N–H and O–H groups in total. The van der Waals surface area contributed by atoms with E-state index in [9.17, 15) is 9.35 Å². The Bertz CT molecular complexity index is 610. The first kappa shape index (κ1) is 20.0. The monoisotopic (exact) mass is 369 g/mol. The summed E-state index contributed by atoms with van der Waals surface area (Å²) in [6, 6.07) is 5.60. The van der Waals surface area contributed by atoms with Gasteiger partial charge >= 0.3 is 5.97 Å². The Morgan fingerprint density at radius 1 is 1.40 bits per heavy atom. The van der Waals surface area contributed by atoms with Crippen LogP contribution in [0, 0.1) is 0 Å². The summed E-state index contributed by atoms with van der Waals surface area (Å²) in [5.41, 5.74) is 1.14. The fourth-order valence-electron chi connectivity index (χ4n) is 2.53. The van der Waals surface area contributed by atoms with E-state index in [1.54, 1.807) is 14.0 Å². The quantitative estimate of drug-likeness (QED) is 0.585. The largest absolute Gasteiger partial charge is 0.598 e. The van der Waals surface area contributed by atoms with Crippen molar-refractivity contribution in [2.45, 2.75) is 44.4 Å². The van der Waals surface area contributed by atoms with E-state index in [2.05, 4.69) is 4.72 Å². The molecule has 2 rings (SSSR count). The van der Waals surface area contributed by atoms with E-state index in [-0.39, 0.29) is 17.1 Å². The van der Waals surface area contributed by atoms with Gasteiger partial charge in [-0.05, 0) is 39.3 Å². The lowest BCUT2D eigenvalue weighted by molar-refractivity contribution is -0.142. The number of ether oxygens (including phenoxy) is 3. The zero-order valence-corrected chi connectivity index (χ0v) is 16.3. The fourth-order valence-corrected chi connectivity index (χ4v) is 3.41. The van der Waals surface area contributed by atoms with E-state index in [0.29, 0.717) is 25.6 Å². The summed E-state index contributed by atoms with van der Waals surface area (Å²) in [6.45, 7) is 8.74. The molecule has 0 aliphatic carbocycles. The third kappa shape index (κ3) is 4.67. The molecular formula is C18H27NO5S. The van der Waals surface area contributed by atoms with Crippen LogP contribution >= 0.6 is 0 Å². The van der Waals surface area contributed by atoms with Crippen LogP contribution in [0.5, 0.6) is 5.75 Å². The van der Waals surface area contributed by atoms with Gasteiger partial charge in [0.05, 0.1) is 33.4 Å². The van der Waals surface area contributed by atoms with Crippen molar-refractivity contribution in [1.29, 1.82) is 0 Å². The Kier molecular flexibility index (Phi) is 6.37. The highest BCUT2D eigenvalue weighted by molar-refractivity contribution is 7.90. The van der Waals surface area contributed by atoms with E-state index in [4.69, 9.17) is 14.2 Å². The first-order valence-electron chi connectivity index (χ1n) is 8.32. The number of rotatable bonds is 7. The highest BCUT2D eigenvalue weighted by Gasteiger charge is 2.48. The van der Waals surface area contributed by atoms with Crippen LogP contribution in [0.1, 0.15) is 38.8 Å². The lowest BCUT2D eigenvalue weighted by Crippen LogP contribution is -2.61. The Labute approximate surface area is 152 Å². The molecular weight excluding hydrogens is 342 g/mol. The van der Waals surface area contributed by atoms with Crippen LogP contribution in [0.2, 0.25) is 0 Å². The zero-order chi connectivity index (χ0) is 18.7. The number of esters is 1. The zero-order valence-electron chi connectivity index (χ0n) is 15.5. The van der Waals surface area contributed by atoms with Gasteiger partial charge < -0.3 is 18.8 Å². The van der Waals surface area contributed by atoms with Gasteiger partial charge in [-0.2, -0.15) is 0 Å². The summed E-state index contributed by atoms with van der Waals surface area (Å²) >= 11 is -1.24. The Morgan fingerprint density at radius 2 is 2.08 bits per heavy atom. The summed E-state index contributed by atoms with van der Waals surface area (Å²) < 4.78 is 31.3. The number of methoxy groups -OCH3 is 1. The molecule has 0 amide bonds. The van der Waals surface area contributed by atoms with E-state index >= 15 is 0 Å². The normalized spacial score (nSPS) is 17.5. The molecule has 1 unspecified atom stereocenters. The molecule has 1 aliphatic rings. The number of hydrogen-bond donors (Lipinski definition) is 1. The summed E-state index contributed by atoms with van der Waals surface area (Å²) in [5.74, 6) is 0.370. The van der Waals surface area contributed by atoms with Gasteiger partial charge in [0.15, 0.2) is 0 Å². The minimum Gasteiger partial charge on any atom is -0.598 e. The maximum atomic E-state index is 12.6. The fraction of sp³-hybridized carbons (Fsp3) is 0.611. The first-order valence-corrected chi connectivity index (χ1v) is 9.47. The molecule has 1 aromatic carbocycles. The van der Waals surface area contributed by atoms with Gasteiger partial charge in [0.2, 0.25) is 0 Å². The summed E-state index contributed by atoms with van der Waals surface area (Å²) in [7, 11) is 1.58. The van der Waals surface area contributed by atoms with Crippen LogP contribution in [-0.2, 0) is 37.6 Å². The van der Waals surface area contributed by atoms with Gasteiger partial charge in [0.1, 0.15) is 16.0 Å². The van der Waals surface area contributed by atoms with E-state index in [1.165, 1.54) is 0 Å². The standard InChI is InChI=1S/C18H27NO5S/c1-6-24-16(20)10-13-7-8-14(15(9-13)22-5)18(11-23-12-18)19-25(21)17(2,3)4/h7-9,19H,6,10-12H2,1-5H3. The van der Waals surface area contributed by atoms with Crippen molar-refractivity contribution in [3.63, 3.8) is 0 Å². The number of nitrogens with one attached hydrogen (secondary N) is 1. The van der Waals surface area contributed by atoms with Gasteiger partial charge in [-0.1, -0.05) is 12.1 Å². The van der Waals surface area contributed by atoms with E-state index < -0.39 is 16.9 Å². The third-order valence-corrected chi connectivity index (χ3v) is 5.66. The molecule has 1 heterocycles. The smallest absolute Gasteiger partial charge is 0.310 e. The van der Waals surface area contributed by atoms with Crippen molar-refractivity contribution in [3.8, 4) is 5.75 Å². The number of carbonyl (C=O) groups is 1. The van der Waals surface area contributed by atoms with Crippen LogP contribution in [0.4, 0.5) is 0 Å². The van der Waals surface area contributed by atoms with Crippen LogP contribution in [0.3, 0.4) is 0 Å². The number of carbonyl (C=O) groups excluding carboxylic acids is 1. The summed E-state index contributed by atoms with van der Waals surface area (Å²) in [4.78, 5) is 11.7. The van der Waals surface area contributed by atoms with Crippen molar-refractivity contribution < 1.29 is 23.6 Å². The van der Waals surface area contributed by atoms with Crippen molar-refractivity contribution in [3.05, 3.63) is 29.3 Å². The van der Waals surface area contributed by atoms with Gasteiger partial charge in [0.25, 0.3) is 0 Å². The maximum absolute atomic E-state index is 12.6. The predicted octanol–water partition coefficient (Wildman–Crippen LogP) is 2.08. The number of benzene rings is 1. The predicted molar refractivity (Wildman–Crippen MR) is 96.9 cm³/mol. The van der Waals surface area contributed by atoms with Crippen molar-refractivity contribution in [2.75, 3.05) is 26.9 Å². The molecule has 1 aromatic rings. The molecule has 0 aromatic heterocycles. The van der Waals surface area contributed by atoms with Gasteiger partial charge in [-0.3, -0.25) is 4.79 Å². The Balaban J connectivity index is 2.26. The van der Waals surface area contributed by atoms with Gasteiger partial charge in [-0.25, -0.2) is 0 Å². The summed E-state index contributed by atoms with van der Waals surface area (Å²) in [5, 5.41) is 0. The molecule has 7 heteroatoms. The maximum Gasteiger partial charge on any atom is 0.310 e. The van der Waals surface area contributed by atoms with Gasteiger partial charge in [0, 0.05) is 16.9 Å². The van der Waals surface area contributed by atoms with Crippen molar-refractivity contribution in [2.24, 2.45) is 0 Å². The minimum absolute atomic E-state index is 0.190. The molecule has 0 radical (unpaired) electrons. The van der Waals surface area contributed by atoms with Crippen LogP contribution in [0.25, 0.3) is 0 Å². The van der Waals surface area contributed by atoms with E-state index in [1.807, 2.05) is 39.0 Å². The Hall–Kier alpha value is -1.28. The lowest BCUT2D eigenvalue weighted by atomic mass is 9.87. The molecule has 0 saturated carbocycles. The SMILES string of the molecule is CCOC(=O)Cc1ccc(C2(N[S+]([O-])C(C)(C)C)COC2)c(OC)c1. The highest BCUT2D eigenvalue weighted by Crippen LogP contribution is 2.38. The molecule has 1 saturated heterocycles. The van der Waals surface area contributed by atoms with Crippen LogP contribution < -0.4 is 9.46 Å². The third-order valence-electron chi connectivity index (χ3n) is 3.98. The molecule has 1 atom stereocenters. The first-order chi connectivity index (χ1) is 11.7. The average molecular weight is 369 g/mol. The second kappa shape index (κ2) is 7.95. The van der Waals surface area contributed by atoms with E-state index in [0.717, 1.165) is 11.1 Å². The minimum atomic E-state index is -1.24. The average Bonchev–Trinajstić information content (AvgIpc) is 2.50. The molecule has 140 valence electrons. The molecule has 25 heavy (non-hydrogen) atoms. The second-order valence-corrected chi connectivity index (χ2v) is 9.04. The van der Waals surface area contributed by atoms with Crippen molar-refractivity contribution >= 4 is 17.3 Å². The van der Waals surface area contributed by atoms with Crippen molar-refractivity contribution in [1.82, 2.24) is 4.72 Å². The topological polar surface area (TPSA) is 79.9 Å². The number of hydrogen-bond acceptors (Lipinski definition) is 6.